The van der Waals surface area contributed by atoms with Gasteiger partial charge in [-0.15, -0.1) is 10.2 Å². The zero-order chi connectivity index (χ0) is 24.1. The molecule has 2 N–H and O–H groups in total. The average molecular weight is 498 g/mol. The first-order chi connectivity index (χ1) is 16.3. The van der Waals surface area contributed by atoms with Crippen LogP contribution in [-0.2, 0) is 14.8 Å². The Hall–Kier alpha value is -3.70. The van der Waals surface area contributed by atoms with Crippen LogP contribution in [0.4, 0.5) is 15.8 Å². The Morgan fingerprint density at radius 2 is 1.59 bits per heavy atom. The molecule has 0 saturated heterocycles. The van der Waals surface area contributed by atoms with Gasteiger partial charge in [0.15, 0.2) is 11.0 Å². The number of halogens is 1. The predicted molar refractivity (Wildman–Crippen MR) is 131 cm³/mol. The van der Waals surface area contributed by atoms with Crippen molar-refractivity contribution in [2.45, 2.75) is 5.16 Å². The SMILES string of the molecule is CS(=O)(=O)Nc1ccccc1NC(=O)CSc1nnc(-c2ccc(F)cc2)n1-c1ccccc1. The van der Waals surface area contributed by atoms with Gasteiger partial charge in [-0.2, -0.15) is 0 Å². The number of anilines is 2. The van der Waals surface area contributed by atoms with E-state index in [0.717, 1.165) is 11.9 Å². The lowest BCUT2D eigenvalue weighted by Crippen LogP contribution is -2.17. The van der Waals surface area contributed by atoms with Crippen LogP contribution in [-0.4, -0.2) is 41.1 Å². The fourth-order valence-electron chi connectivity index (χ4n) is 3.16. The van der Waals surface area contributed by atoms with E-state index in [1.165, 1.54) is 23.9 Å². The summed E-state index contributed by atoms with van der Waals surface area (Å²) in [6, 6.07) is 21.8. The van der Waals surface area contributed by atoms with Crippen molar-refractivity contribution in [3.8, 4) is 17.1 Å². The van der Waals surface area contributed by atoms with Crippen molar-refractivity contribution in [1.82, 2.24) is 14.8 Å². The van der Waals surface area contributed by atoms with E-state index in [-0.39, 0.29) is 23.2 Å². The molecule has 11 heteroatoms. The van der Waals surface area contributed by atoms with Crippen molar-refractivity contribution in [2.24, 2.45) is 0 Å². The molecule has 4 aromatic rings. The van der Waals surface area contributed by atoms with Crippen LogP contribution in [0.15, 0.2) is 84.0 Å². The van der Waals surface area contributed by atoms with Gasteiger partial charge in [-0.25, -0.2) is 12.8 Å². The monoisotopic (exact) mass is 497 g/mol. The lowest BCUT2D eigenvalue weighted by molar-refractivity contribution is -0.113. The molecule has 0 aliphatic heterocycles. The third-order valence-corrected chi connectivity index (χ3v) is 6.10. The van der Waals surface area contributed by atoms with Crippen molar-refractivity contribution in [2.75, 3.05) is 22.0 Å². The average Bonchev–Trinajstić information content (AvgIpc) is 3.23. The van der Waals surface area contributed by atoms with Crippen molar-refractivity contribution < 1.29 is 17.6 Å². The minimum absolute atomic E-state index is 0.00158. The number of amides is 1. The second-order valence-electron chi connectivity index (χ2n) is 7.24. The molecule has 0 bridgehead atoms. The van der Waals surface area contributed by atoms with Crippen molar-refractivity contribution >= 4 is 39.1 Å². The number of sulfonamides is 1. The van der Waals surface area contributed by atoms with E-state index in [1.54, 1.807) is 41.0 Å². The van der Waals surface area contributed by atoms with Crippen LogP contribution in [0.5, 0.6) is 0 Å². The highest BCUT2D eigenvalue weighted by Gasteiger charge is 2.18. The van der Waals surface area contributed by atoms with Crippen LogP contribution in [0.1, 0.15) is 0 Å². The first-order valence-corrected chi connectivity index (χ1v) is 12.9. The summed E-state index contributed by atoms with van der Waals surface area (Å²) in [7, 11) is -3.50. The molecule has 1 amide bonds. The zero-order valence-corrected chi connectivity index (χ0v) is 19.6. The van der Waals surface area contributed by atoms with Gasteiger partial charge < -0.3 is 5.32 Å². The minimum atomic E-state index is -3.50. The first-order valence-electron chi connectivity index (χ1n) is 10.1. The maximum Gasteiger partial charge on any atom is 0.234 e. The topological polar surface area (TPSA) is 106 Å². The van der Waals surface area contributed by atoms with Gasteiger partial charge in [0, 0.05) is 11.3 Å². The highest BCUT2D eigenvalue weighted by atomic mass is 32.2. The van der Waals surface area contributed by atoms with E-state index in [1.807, 2.05) is 30.3 Å². The standard InChI is InChI=1S/C23H20FN5O3S2/c1-34(31,32)28-20-10-6-5-9-19(20)25-21(30)15-33-23-27-26-22(16-11-13-17(24)14-12-16)29(23)18-7-3-2-4-8-18/h2-14,28H,15H2,1H3,(H,25,30). The number of carbonyl (C=O) groups is 1. The Kier molecular flexibility index (Phi) is 6.94. The molecule has 0 spiro atoms. The van der Waals surface area contributed by atoms with Crippen molar-refractivity contribution in [3.63, 3.8) is 0 Å². The van der Waals surface area contributed by atoms with E-state index in [0.29, 0.717) is 22.2 Å². The normalized spacial score (nSPS) is 11.2. The summed E-state index contributed by atoms with van der Waals surface area (Å²) in [5, 5.41) is 11.7. The Morgan fingerprint density at radius 3 is 2.26 bits per heavy atom. The summed E-state index contributed by atoms with van der Waals surface area (Å²) in [5.74, 6) is -0.191. The summed E-state index contributed by atoms with van der Waals surface area (Å²) in [6.07, 6.45) is 1.04. The fraction of sp³-hybridized carbons (Fsp3) is 0.0870. The Morgan fingerprint density at radius 1 is 0.941 bits per heavy atom. The molecule has 1 heterocycles. The van der Waals surface area contributed by atoms with Gasteiger partial charge in [0.1, 0.15) is 5.82 Å². The Balaban J connectivity index is 1.56. The molecule has 0 unspecified atom stereocenters. The van der Waals surface area contributed by atoms with Gasteiger partial charge in [-0.05, 0) is 48.5 Å². The number of carbonyl (C=O) groups excluding carboxylic acids is 1. The summed E-state index contributed by atoms with van der Waals surface area (Å²) in [5.41, 5.74) is 2.08. The maximum absolute atomic E-state index is 13.4. The molecule has 0 atom stereocenters. The molecule has 0 aliphatic carbocycles. The van der Waals surface area contributed by atoms with Crippen LogP contribution in [0, 0.1) is 5.82 Å². The van der Waals surface area contributed by atoms with Gasteiger partial charge >= 0.3 is 0 Å². The third-order valence-electron chi connectivity index (χ3n) is 4.58. The second-order valence-corrected chi connectivity index (χ2v) is 9.93. The van der Waals surface area contributed by atoms with Crippen LogP contribution in [0.2, 0.25) is 0 Å². The molecule has 0 aliphatic rings. The number of aromatic nitrogens is 3. The quantitative estimate of drug-likeness (QED) is 0.354. The van der Waals surface area contributed by atoms with E-state index in [9.17, 15) is 17.6 Å². The van der Waals surface area contributed by atoms with Crippen LogP contribution in [0.3, 0.4) is 0 Å². The zero-order valence-electron chi connectivity index (χ0n) is 18.0. The number of rotatable bonds is 8. The highest BCUT2D eigenvalue weighted by Crippen LogP contribution is 2.28. The minimum Gasteiger partial charge on any atom is -0.324 e. The Bertz CT molecular complexity index is 1410. The second kappa shape index (κ2) is 10.1. The predicted octanol–water partition coefficient (Wildman–Crippen LogP) is 4.18. The van der Waals surface area contributed by atoms with E-state index in [2.05, 4.69) is 20.2 Å². The molecule has 174 valence electrons. The van der Waals surface area contributed by atoms with Crippen LogP contribution < -0.4 is 10.0 Å². The van der Waals surface area contributed by atoms with E-state index < -0.39 is 10.0 Å². The van der Waals surface area contributed by atoms with Gasteiger partial charge in [0.05, 0.1) is 23.4 Å². The number of hydrogen-bond acceptors (Lipinski definition) is 6. The summed E-state index contributed by atoms with van der Waals surface area (Å²) in [4.78, 5) is 12.7. The largest absolute Gasteiger partial charge is 0.324 e. The molecule has 4 rings (SSSR count). The summed E-state index contributed by atoms with van der Waals surface area (Å²) in [6.45, 7) is 0. The van der Waals surface area contributed by atoms with Gasteiger partial charge in [-0.3, -0.25) is 14.1 Å². The molecule has 1 aromatic heterocycles. The molecule has 34 heavy (non-hydrogen) atoms. The Labute approximate surface area is 200 Å². The third kappa shape index (κ3) is 5.80. The summed E-state index contributed by atoms with van der Waals surface area (Å²) >= 11 is 1.17. The number of nitrogens with zero attached hydrogens (tertiary/aromatic N) is 3. The summed E-state index contributed by atoms with van der Waals surface area (Å²) < 4.78 is 40.8. The van der Waals surface area contributed by atoms with Crippen LogP contribution in [0.25, 0.3) is 17.1 Å². The van der Waals surface area contributed by atoms with Gasteiger partial charge in [0.25, 0.3) is 0 Å². The van der Waals surface area contributed by atoms with E-state index >= 15 is 0 Å². The fourth-order valence-corrected chi connectivity index (χ4v) is 4.49. The smallest absolute Gasteiger partial charge is 0.234 e. The number of thioether (sulfide) groups is 1. The lowest BCUT2D eigenvalue weighted by atomic mass is 10.2. The molecular weight excluding hydrogens is 477 g/mol. The maximum atomic E-state index is 13.4. The lowest BCUT2D eigenvalue weighted by Gasteiger charge is -2.12. The molecule has 0 fully saturated rings. The molecule has 0 saturated carbocycles. The molecular formula is C23H20FN5O3S2. The highest BCUT2D eigenvalue weighted by molar-refractivity contribution is 7.99. The number of nitrogens with one attached hydrogen (secondary N) is 2. The molecule has 0 radical (unpaired) electrons. The first kappa shape index (κ1) is 23.5. The number of para-hydroxylation sites is 3. The van der Waals surface area contributed by atoms with Crippen LogP contribution >= 0.6 is 11.8 Å². The number of benzene rings is 3. The number of hydrogen-bond donors (Lipinski definition) is 2. The van der Waals surface area contributed by atoms with E-state index in [4.69, 9.17) is 0 Å². The molecule has 3 aromatic carbocycles. The van der Waals surface area contributed by atoms with Crippen molar-refractivity contribution in [1.29, 1.82) is 0 Å². The molecule has 8 nitrogen and oxygen atoms in total. The van der Waals surface area contributed by atoms with Crippen molar-refractivity contribution in [3.05, 3.63) is 84.7 Å². The van der Waals surface area contributed by atoms with Gasteiger partial charge in [0.2, 0.25) is 15.9 Å². The van der Waals surface area contributed by atoms with Gasteiger partial charge in [-0.1, -0.05) is 42.1 Å².